The third-order valence-corrected chi connectivity index (χ3v) is 3.99. The number of rotatable bonds is 4. The van der Waals surface area contributed by atoms with E-state index in [1.54, 1.807) is 31.2 Å². The Morgan fingerprint density at radius 1 is 1.33 bits per heavy atom. The van der Waals surface area contributed by atoms with Gasteiger partial charge in [0.15, 0.2) is 0 Å². The van der Waals surface area contributed by atoms with Crippen LogP contribution in [0.25, 0.3) is 0 Å². The number of benzene rings is 1. The quantitative estimate of drug-likeness (QED) is 0.826. The van der Waals surface area contributed by atoms with Crippen LogP contribution in [0, 0.1) is 6.92 Å². The van der Waals surface area contributed by atoms with E-state index in [0.717, 1.165) is 5.56 Å². The van der Waals surface area contributed by atoms with Gasteiger partial charge in [0.1, 0.15) is 0 Å². The van der Waals surface area contributed by atoms with E-state index in [0.29, 0.717) is 0 Å². The Hall–Kier alpha value is -0.580. The van der Waals surface area contributed by atoms with E-state index in [9.17, 15) is 8.42 Å². The fourth-order valence-electron chi connectivity index (χ4n) is 1.08. The first kappa shape index (κ1) is 12.5. The van der Waals surface area contributed by atoms with Crippen molar-refractivity contribution in [3.8, 4) is 0 Å². The Bertz CT molecular complexity index is 414. The number of hydrogen-bond donors (Lipinski definition) is 1. The molecule has 0 spiro atoms. The molecule has 0 fully saturated rings. The van der Waals surface area contributed by atoms with Crippen molar-refractivity contribution in [3.05, 3.63) is 29.8 Å². The summed E-state index contributed by atoms with van der Waals surface area (Å²) in [7, 11) is -3.42. The summed E-state index contributed by atoms with van der Waals surface area (Å²) in [6.45, 7) is 3.63. The average molecular weight is 248 g/mol. The molecule has 84 valence electrons. The Kier molecular flexibility index (Phi) is 4.13. The first-order valence-electron chi connectivity index (χ1n) is 4.60. The van der Waals surface area contributed by atoms with Crippen molar-refractivity contribution in [2.75, 3.05) is 5.88 Å². The number of sulfonamides is 1. The minimum Gasteiger partial charge on any atom is -0.207 e. The fraction of sp³-hybridized carbons (Fsp3) is 0.400. The Morgan fingerprint density at radius 3 is 2.33 bits per heavy atom. The SMILES string of the molecule is Cc1ccc(S(=O)(=O)NC(C)CCl)cc1. The smallest absolute Gasteiger partial charge is 0.207 e. The maximum atomic E-state index is 11.7. The zero-order chi connectivity index (χ0) is 11.5. The number of alkyl halides is 1. The van der Waals surface area contributed by atoms with Gasteiger partial charge in [-0.2, -0.15) is 0 Å². The molecule has 0 aliphatic heterocycles. The van der Waals surface area contributed by atoms with Gasteiger partial charge in [0.05, 0.1) is 4.90 Å². The van der Waals surface area contributed by atoms with Crippen LogP contribution in [0.2, 0.25) is 0 Å². The summed E-state index contributed by atoms with van der Waals surface area (Å²) in [6, 6.07) is 6.43. The number of aryl methyl sites for hydroxylation is 1. The van der Waals surface area contributed by atoms with Gasteiger partial charge in [0.25, 0.3) is 0 Å². The van der Waals surface area contributed by atoms with Crippen LogP contribution in [0.4, 0.5) is 0 Å². The van der Waals surface area contributed by atoms with E-state index in [2.05, 4.69) is 4.72 Å². The van der Waals surface area contributed by atoms with Crippen molar-refractivity contribution >= 4 is 21.6 Å². The molecule has 1 aromatic carbocycles. The van der Waals surface area contributed by atoms with Crippen LogP contribution in [0.5, 0.6) is 0 Å². The van der Waals surface area contributed by atoms with Gasteiger partial charge in [-0.05, 0) is 26.0 Å². The molecular weight excluding hydrogens is 234 g/mol. The predicted octanol–water partition coefficient (Wildman–Crippen LogP) is 1.90. The summed E-state index contributed by atoms with van der Waals surface area (Å²) in [6.07, 6.45) is 0. The van der Waals surface area contributed by atoms with Crippen LogP contribution in [-0.4, -0.2) is 20.3 Å². The first-order valence-corrected chi connectivity index (χ1v) is 6.62. The van der Waals surface area contributed by atoms with E-state index < -0.39 is 10.0 Å². The van der Waals surface area contributed by atoms with Crippen LogP contribution in [0.15, 0.2) is 29.2 Å². The summed E-state index contributed by atoms with van der Waals surface area (Å²) in [5.41, 5.74) is 1.03. The van der Waals surface area contributed by atoms with Gasteiger partial charge in [0.2, 0.25) is 10.0 Å². The summed E-state index contributed by atoms with van der Waals surface area (Å²) >= 11 is 5.54. The minimum atomic E-state index is -3.42. The highest BCUT2D eigenvalue weighted by Crippen LogP contribution is 2.10. The lowest BCUT2D eigenvalue weighted by Gasteiger charge is -2.11. The van der Waals surface area contributed by atoms with Crippen LogP contribution >= 0.6 is 11.6 Å². The highest BCUT2D eigenvalue weighted by Gasteiger charge is 2.15. The van der Waals surface area contributed by atoms with E-state index in [1.165, 1.54) is 0 Å². The topological polar surface area (TPSA) is 46.2 Å². The third-order valence-electron chi connectivity index (χ3n) is 1.92. The lowest BCUT2D eigenvalue weighted by atomic mass is 10.2. The molecule has 0 saturated carbocycles. The zero-order valence-corrected chi connectivity index (χ0v) is 10.3. The molecule has 5 heteroatoms. The van der Waals surface area contributed by atoms with Gasteiger partial charge in [-0.3, -0.25) is 0 Å². The zero-order valence-electron chi connectivity index (χ0n) is 8.70. The van der Waals surface area contributed by atoms with Gasteiger partial charge in [0, 0.05) is 11.9 Å². The predicted molar refractivity (Wildman–Crippen MR) is 61.7 cm³/mol. The third kappa shape index (κ3) is 3.48. The Morgan fingerprint density at radius 2 is 1.87 bits per heavy atom. The van der Waals surface area contributed by atoms with Crippen molar-refractivity contribution in [1.82, 2.24) is 4.72 Å². The molecule has 0 radical (unpaired) electrons. The highest BCUT2D eigenvalue weighted by atomic mass is 35.5. The van der Waals surface area contributed by atoms with Gasteiger partial charge in [-0.1, -0.05) is 17.7 Å². The molecule has 3 nitrogen and oxygen atoms in total. The van der Waals surface area contributed by atoms with Crippen molar-refractivity contribution < 1.29 is 8.42 Å². The van der Waals surface area contributed by atoms with Crippen LogP contribution in [0.1, 0.15) is 12.5 Å². The summed E-state index contributed by atoms with van der Waals surface area (Å²) in [5, 5.41) is 0. The summed E-state index contributed by atoms with van der Waals surface area (Å²) < 4.78 is 26.0. The second-order valence-corrected chi connectivity index (χ2v) is 5.51. The van der Waals surface area contributed by atoms with E-state index in [4.69, 9.17) is 11.6 Å². The van der Waals surface area contributed by atoms with E-state index >= 15 is 0 Å². The minimum absolute atomic E-state index is 0.255. The van der Waals surface area contributed by atoms with Gasteiger partial charge >= 0.3 is 0 Å². The fourth-order valence-corrected chi connectivity index (χ4v) is 2.49. The molecule has 15 heavy (non-hydrogen) atoms. The lowest BCUT2D eigenvalue weighted by molar-refractivity contribution is 0.570. The number of hydrogen-bond acceptors (Lipinski definition) is 2. The maximum Gasteiger partial charge on any atom is 0.240 e. The van der Waals surface area contributed by atoms with Crippen molar-refractivity contribution in [3.63, 3.8) is 0 Å². The molecule has 0 aliphatic rings. The van der Waals surface area contributed by atoms with Crippen molar-refractivity contribution in [2.45, 2.75) is 24.8 Å². The molecule has 0 aliphatic carbocycles. The van der Waals surface area contributed by atoms with E-state index in [1.807, 2.05) is 6.92 Å². The lowest BCUT2D eigenvalue weighted by Crippen LogP contribution is -2.33. The molecule has 0 heterocycles. The first-order chi connectivity index (χ1) is 6.95. The maximum absolute atomic E-state index is 11.7. The summed E-state index contributed by atoms with van der Waals surface area (Å²) in [4.78, 5) is 0.269. The molecule has 1 aromatic rings. The van der Waals surface area contributed by atoms with Crippen molar-refractivity contribution in [1.29, 1.82) is 0 Å². The molecule has 1 N–H and O–H groups in total. The number of nitrogens with one attached hydrogen (secondary N) is 1. The normalized spacial score (nSPS) is 13.8. The molecule has 0 bridgehead atoms. The number of halogens is 1. The molecule has 1 rings (SSSR count). The molecule has 0 saturated heterocycles. The second-order valence-electron chi connectivity index (χ2n) is 3.49. The van der Waals surface area contributed by atoms with E-state index in [-0.39, 0.29) is 16.8 Å². The van der Waals surface area contributed by atoms with Crippen LogP contribution in [-0.2, 0) is 10.0 Å². The monoisotopic (exact) mass is 247 g/mol. The molecule has 1 unspecified atom stereocenters. The van der Waals surface area contributed by atoms with Gasteiger partial charge in [-0.15, -0.1) is 11.6 Å². The summed E-state index contributed by atoms with van der Waals surface area (Å²) in [5.74, 6) is 0.255. The molecule has 0 amide bonds. The average Bonchev–Trinajstić information content (AvgIpc) is 2.17. The van der Waals surface area contributed by atoms with Crippen LogP contribution in [0.3, 0.4) is 0 Å². The highest BCUT2D eigenvalue weighted by molar-refractivity contribution is 7.89. The van der Waals surface area contributed by atoms with Crippen molar-refractivity contribution in [2.24, 2.45) is 0 Å². The molecule has 1 atom stereocenters. The van der Waals surface area contributed by atoms with Gasteiger partial charge in [-0.25, -0.2) is 13.1 Å². The Labute approximate surface area is 95.5 Å². The Balaban J connectivity index is 2.91. The van der Waals surface area contributed by atoms with Gasteiger partial charge < -0.3 is 0 Å². The largest absolute Gasteiger partial charge is 0.240 e. The second kappa shape index (κ2) is 4.96. The molecule has 0 aromatic heterocycles. The molecular formula is C10H14ClNO2S. The van der Waals surface area contributed by atoms with Crippen LogP contribution < -0.4 is 4.72 Å². The standard InChI is InChI=1S/C10H14ClNO2S/c1-8-3-5-10(6-4-8)15(13,14)12-9(2)7-11/h3-6,9,12H,7H2,1-2H3.